The lowest BCUT2D eigenvalue weighted by Gasteiger charge is -2.40. The number of hydrogen-bond acceptors (Lipinski definition) is 5. The first-order valence-electron chi connectivity index (χ1n) is 8.81. The van der Waals surface area contributed by atoms with E-state index in [4.69, 9.17) is 0 Å². The van der Waals surface area contributed by atoms with Crippen LogP contribution in [0.15, 0.2) is 46.5 Å². The van der Waals surface area contributed by atoms with Crippen LogP contribution in [0.25, 0.3) is 0 Å². The highest BCUT2D eigenvalue weighted by Crippen LogP contribution is 2.49. The normalized spacial score (nSPS) is 14.1. The van der Waals surface area contributed by atoms with Crippen molar-refractivity contribution in [3.63, 3.8) is 0 Å². The first-order chi connectivity index (χ1) is 12.7. The number of anilines is 2. The summed E-state index contributed by atoms with van der Waals surface area (Å²) in [6.45, 7) is 8.13. The highest BCUT2D eigenvalue weighted by atomic mass is 32.2. The van der Waals surface area contributed by atoms with Crippen molar-refractivity contribution in [2.24, 2.45) is 0 Å². The fourth-order valence-corrected chi connectivity index (χ4v) is 4.05. The molecule has 0 saturated carbocycles. The average Bonchev–Trinajstić information content (AvgIpc) is 2.56. The zero-order valence-corrected chi connectivity index (χ0v) is 16.4. The van der Waals surface area contributed by atoms with Gasteiger partial charge in [-0.3, -0.25) is 15.6 Å². The minimum absolute atomic E-state index is 0.175. The van der Waals surface area contributed by atoms with Crippen LogP contribution in [0.2, 0.25) is 0 Å². The van der Waals surface area contributed by atoms with E-state index in [1.165, 1.54) is 23.9 Å². The molecule has 1 aliphatic rings. The summed E-state index contributed by atoms with van der Waals surface area (Å²) in [6, 6.07) is 6.08. The van der Waals surface area contributed by atoms with Gasteiger partial charge in [-0.1, -0.05) is 11.8 Å². The Morgan fingerprint density at radius 2 is 1.63 bits per heavy atom. The van der Waals surface area contributed by atoms with Gasteiger partial charge in [0.15, 0.2) is 0 Å². The minimum atomic E-state index is -4.37. The van der Waals surface area contributed by atoms with E-state index in [0.717, 1.165) is 22.3 Å². The topological polar surface area (TPSA) is 40.2 Å². The molecular weight excluding hydrogens is 373 g/mol. The number of alkyl halides is 3. The molecule has 27 heavy (non-hydrogen) atoms. The summed E-state index contributed by atoms with van der Waals surface area (Å²) in [5.74, 6) is 0. The van der Waals surface area contributed by atoms with Crippen LogP contribution in [0.4, 0.5) is 24.5 Å². The van der Waals surface area contributed by atoms with Gasteiger partial charge in [0, 0.05) is 28.1 Å². The number of fused-ring (bicyclic) bond motifs is 2. The van der Waals surface area contributed by atoms with Crippen LogP contribution in [0, 0.1) is 0 Å². The summed E-state index contributed by atoms with van der Waals surface area (Å²) < 4.78 is 39.6. The SMILES string of the molecule is CC(C)NC(NC(C)C)N1c2ccc(C(F)(F)F)cc2Sc2ccncc21. The van der Waals surface area contributed by atoms with E-state index in [2.05, 4.69) is 15.6 Å². The van der Waals surface area contributed by atoms with Crippen LogP contribution in [0.3, 0.4) is 0 Å². The predicted octanol–water partition coefficient (Wildman–Crippen LogP) is 4.98. The molecular formula is C19H23F3N4S. The molecule has 3 rings (SSSR count). The van der Waals surface area contributed by atoms with Gasteiger partial charge in [-0.25, -0.2) is 0 Å². The fourth-order valence-electron chi connectivity index (χ4n) is 2.97. The number of benzene rings is 1. The van der Waals surface area contributed by atoms with E-state index in [-0.39, 0.29) is 18.4 Å². The summed E-state index contributed by atoms with van der Waals surface area (Å²) in [5.41, 5.74) is 0.942. The van der Waals surface area contributed by atoms with E-state index >= 15 is 0 Å². The Labute approximate surface area is 161 Å². The van der Waals surface area contributed by atoms with Crippen molar-refractivity contribution < 1.29 is 13.2 Å². The first kappa shape index (κ1) is 20.0. The summed E-state index contributed by atoms with van der Waals surface area (Å²) in [6.07, 6.45) is -1.25. The molecule has 1 aromatic carbocycles. The van der Waals surface area contributed by atoms with Gasteiger partial charge in [-0.2, -0.15) is 13.2 Å². The van der Waals surface area contributed by atoms with Crippen LogP contribution in [-0.4, -0.2) is 23.4 Å². The van der Waals surface area contributed by atoms with Gasteiger partial charge >= 0.3 is 6.18 Å². The van der Waals surface area contributed by atoms with Crippen LogP contribution in [0.5, 0.6) is 0 Å². The highest BCUT2D eigenvalue weighted by Gasteiger charge is 2.35. The average molecular weight is 396 g/mol. The Bertz CT molecular complexity index is 798. The third-order valence-electron chi connectivity index (χ3n) is 4.03. The predicted molar refractivity (Wildman–Crippen MR) is 102 cm³/mol. The van der Waals surface area contributed by atoms with Crippen molar-refractivity contribution in [1.82, 2.24) is 15.6 Å². The minimum Gasteiger partial charge on any atom is -0.309 e. The van der Waals surface area contributed by atoms with Crippen molar-refractivity contribution >= 4 is 23.1 Å². The second kappa shape index (κ2) is 7.69. The van der Waals surface area contributed by atoms with Crippen molar-refractivity contribution in [3.8, 4) is 0 Å². The molecule has 0 atom stereocenters. The monoisotopic (exact) mass is 396 g/mol. The Kier molecular flexibility index (Phi) is 5.69. The summed E-state index contributed by atoms with van der Waals surface area (Å²) in [4.78, 5) is 7.67. The summed E-state index contributed by atoms with van der Waals surface area (Å²) >= 11 is 1.33. The second-order valence-corrected chi connectivity index (χ2v) is 8.12. The first-order valence-corrected chi connectivity index (χ1v) is 9.63. The lowest BCUT2D eigenvalue weighted by Crippen LogP contribution is -2.57. The fraction of sp³-hybridized carbons (Fsp3) is 0.421. The van der Waals surface area contributed by atoms with Gasteiger partial charge in [0.2, 0.25) is 0 Å². The van der Waals surface area contributed by atoms with Crippen molar-refractivity contribution in [2.45, 2.75) is 62.0 Å². The number of halogens is 3. The highest BCUT2D eigenvalue weighted by molar-refractivity contribution is 7.99. The number of aromatic nitrogens is 1. The summed E-state index contributed by atoms with van der Waals surface area (Å²) in [5, 5.41) is 6.93. The van der Waals surface area contributed by atoms with Crippen LogP contribution in [0.1, 0.15) is 33.3 Å². The van der Waals surface area contributed by atoms with Gasteiger partial charge in [0.25, 0.3) is 0 Å². The third-order valence-corrected chi connectivity index (χ3v) is 5.14. The maximum atomic E-state index is 13.2. The molecule has 0 amide bonds. The smallest absolute Gasteiger partial charge is 0.309 e. The van der Waals surface area contributed by atoms with Gasteiger partial charge in [-0.15, -0.1) is 0 Å². The molecule has 8 heteroatoms. The Hall–Kier alpha value is -1.77. The number of hydrogen-bond donors (Lipinski definition) is 2. The number of pyridine rings is 1. The van der Waals surface area contributed by atoms with Gasteiger partial charge in [-0.05, 0) is 52.0 Å². The molecule has 2 N–H and O–H groups in total. The number of nitrogens with zero attached hydrogens (tertiary/aromatic N) is 2. The molecule has 0 unspecified atom stereocenters. The molecule has 0 aliphatic carbocycles. The van der Waals surface area contributed by atoms with Crippen molar-refractivity contribution in [2.75, 3.05) is 4.90 Å². The van der Waals surface area contributed by atoms with Gasteiger partial charge in [0.05, 0.1) is 23.1 Å². The third kappa shape index (κ3) is 4.39. The molecule has 1 aliphatic heterocycles. The second-order valence-electron chi connectivity index (χ2n) is 7.04. The Morgan fingerprint density at radius 1 is 0.963 bits per heavy atom. The van der Waals surface area contributed by atoms with E-state index in [0.29, 0.717) is 4.90 Å². The molecule has 0 saturated heterocycles. The molecule has 0 bridgehead atoms. The maximum absolute atomic E-state index is 13.2. The number of rotatable bonds is 5. The lowest BCUT2D eigenvalue weighted by atomic mass is 10.1. The zero-order valence-electron chi connectivity index (χ0n) is 15.6. The molecule has 0 spiro atoms. The quantitative estimate of drug-likeness (QED) is 0.698. The Morgan fingerprint density at radius 3 is 2.22 bits per heavy atom. The van der Waals surface area contributed by atoms with Gasteiger partial charge in [0.1, 0.15) is 6.29 Å². The number of nitrogens with one attached hydrogen (secondary N) is 2. The van der Waals surface area contributed by atoms with Crippen LogP contribution < -0.4 is 15.5 Å². The molecule has 0 fully saturated rings. The molecule has 2 heterocycles. The standard InChI is InChI=1S/C19H23F3N4S/c1-11(2)24-18(25-12(3)4)26-14-6-5-13(19(20,21)22)9-17(14)27-16-7-8-23-10-15(16)26/h5-12,18,24-25H,1-4H3. The molecule has 4 nitrogen and oxygen atoms in total. The summed E-state index contributed by atoms with van der Waals surface area (Å²) in [7, 11) is 0. The largest absolute Gasteiger partial charge is 0.416 e. The van der Waals surface area contributed by atoms with E-state index in [9.17, 15) is 13.2 Å². The lowest BCUT2D eigenvalue weighted by molar-refractivity contribution is -0.137. The molecule has 146 valence electrons. The molecule has 2 aromatic rings. The van der Waals surface area contributed by atoms with Crippen LogP contribution >= 0.6 is 11.8 Å². The Balaban J connectivity index is 2.12. The van der Waals surface area contributed by atoms with Crippen molar-refractivity contribution in [3.05, 3.63) is 42.2 Å². The van der Waals surface area contributed by atoms with Gasteiger partial charge < -0.3 is 4.90 Å². The molecule has 0 radical (unpaired) electrons. The maximum Gasteiger partial charge on any atom is 0.416 e. The van der Waals surface area contributed by atoms with E-state index < -0.39 is 11.7 Å². The van der Waals surface area contributed by atoms with E-state index in [1.54, 1.807) is 12.4 Å². The van der Waals surface area contributed by atoms with E-state index in [1.807, 2.05) is 38.7 Å². The van der Waals surface area contributed by atoms with Crippen LogP contribution in [-0.2, 0) is 6.18 Å². The van der Waals surface area contributed by atoms with Crippen molar-refractivity contribution in [1.29, 1.82) is 0 Å². The molecule has 1 aromatic heterocycles. The zero-order chi connectivity index (χ0) is 19.8.